The second-order valence-corrected chi connectivity index (χ2v) is 5.67. The van der Waals surface area contributed by atoms with Crippen molar-refractivity contribution in [1.29, 1.82) is 0 Å². The van der Waals surface area contributed by atoms with Gasteiger partial charge in [0.15, 0.2) is 0 Å². The highest BCUT2D eigenvalue weighted by Gasteiger charge is 2.48. The Morgan fingerprint density at radius 1 is 1.07 bits per heavy atom. The van der Waals surface area contributed by atoms with Crippen molar-refractivity contribution in [3.8, 4) is 0 Å². The lowest BCUT2D eigenvalue weighted by molar-refractivity contribution is -0.192. The molecule has 2 saturated heterocycles. The van der Waals surface area contributed by atoms with E-state index in [2.05, 4.69) is 0 Å². The third-order valence-electron chi connectivity index (χ3n) is 4.51. The average Bonchev–Trinajstić information content (AvgIpc) is 2.16. The molecule has 3 aliphatic rings. The van der Waals surface area contributed by atoms with Crippen molar-refractivity contribution in [2.45, 2.75) is 50.2 Å². The number of rotatable bonds is 0. The van der Waals surface area contributed by atoms with E-state index < -0.39 is 0 Å². The molecule has 0 aromatic heterocycles. The Kier molecular flexibility index (Phi) is 2.31. The van der Waals surface area contributed by atoms with E-state index in [0.29, 0.717) is 5.41 Å². The summed E-state index contributed by atoms with van der Waals surface area (Å²) in [5, 5.41) is 9.72. The normalized spacial score (nSPS) is 37.8. The van der Waals surface area contributed by atoms with E-state index >= 15 is 0 Å². The van der Waals surface area contributed by atoms with Gasteiger partial charge in [-0.05, 0) is 32.1 Å². The van der Waals surface area contributed by atoms with Crippen LogP contribution in [0.5, 0.6) is 0 Å². The van der Waals surface area contributed by atoms with E-state index in [1.807, 2.05) is 0 Å². The lowest BCUT2D eigenvalue weighted by Crippen LogP contribution is -2.52. The summed E-state index contributed by atoms with van der Waals surface area (Å²) in [6, 6.07) is 0. The molecule has 3 nitrogen and oxygen atoms in total. The topological polar surface area (TPSA) is 38.7 Å². The largest absolute Gasteiger partial charge is 0.393 e. The molecule has 0 aromatic rings. The van der Waals surface area contributed by atoms with Gasteiger partial charge in [0.05, 0.1) is 24.9 Å². The third kappa shape index (κ3) is 1.71. The maximum atomic E-state index is 9.72. The molecule has 3 rings (SSSR count). The van der Waals surface area contributed by atoms with Gasteiger partial charge in [-0.25, -0.2) is 0 Å². The molecule has 0 bridgehead atoms. The van der Waals surface area contributed by atoms with Gasteiger partial charge in [-0.1, -0.05) is 0 Å². The molecule has 0 aromatic carbocycles. The molecule has 2 aliphatic heterocycles. The van der Waals surface area contributed by atoms with Crippen LogP contribution in [-0.4, -0.2) is 36.6 Å². The van der Waals surface area contributed by atoms with Crippen LogP contribution in [0, 0.1) is 5.41 Å². The predicted molar refractivity (Wildman–Crippen MR) is 55.6 cm³/mol. The van der Waals surface area contributed by atoms with E-state index in [-0.39, 0.29) is 11.7 Å². The van der Waals surface area contributed by atoms with Gasteiger partial charge in [0, 0.05) is 18.4 Å². The molecule has 3 heteroatoms. The fraction of sp³-hybridized carbons (Fsp3) is 1.00. The Hall–Kier alpha value is -0.120. The highest BCUT2D eigenvalue weighted by molar-refractivity contribution is 4.99. The van der Waals surface area contributed by atoms with Crippen molar-refractivity contribution in [3.63, 3.8) is 0 Å². The van der Waals surface area contributed by atoms with E-state index in [9.17, 15) is 5.11 Å². The summed E-state index contributed by atoms with van der Waals surface area (Å²) in [5.74, 6) is 0. The molecule has 15 heavy (non-hydrogen) atoms. The number of hydrogen-bond acceptors (Lipinski definition) is 3. The first-order valence-corrected chi connectivity index (χ1v) is 6.12. The molecule has 1 atom stereocenters. The van der Waals surface area contributed by atoms with Crippen LogP contribution >= 0.6 is 0 Å². The Morgan fingerprint density at radius 3 is 2.33 bits per heavy atom. The van der Waals surface area contributed by atoms with Gasteiger partial charge in [0.25, 0.3) is 0 Å². The molecular formula is C12H20O3. The minimum Gasteiger partial charge on any atom is -0.393 e. The second-order valence-electron chi connectivity index (χ2n) is 5.67. The van der Waals surface area contributed by atoms with Crippen molar-refractivity contribution in [2.75, 3.05) is 19.8 Å². The van der Waals surface area contributed by atoms with Gasteiger partial charge in [0.2, 0.25) is 0 Å². The van der Waals surface area contributed by atoms with Gasteiger partial charge in [-0.2, -0.15) is 0 Å². The zero-order chi connectivity index (χ0) is 10.4. The highest BCUT2D eigenvalue weighted by atomic mass is 16.5. The van der Waals surface area contributed by atoms with Crippen LogP contribution in [0.4, 0.5) is 0 Å². The molecule has 1 unspecified atom stereocenters. The van der Waals surface area contributed by atoms with Gasteiger partial charge < -0.3 is 14.6 Å². The maximum Gasteiger partial charge on any atom is 0.0707 e. The summed E-state index contributed by atoms with van der Waals surface area (Å²) in [4.78, 5) is 0. The van der Waals surface area contributed by atoms with Crippen molar-refractivity contribution >= 4 is 0 Å². The molecule has 1 N–H and O–H groups in total. The van der Waals surface area contributed by atoms with Crippen LogP contribution in [-0.2, 0) is 9.47 Å². The quantitative estimate of drug-likeness (QED) is 0.661. The molecule has 1 aliphatic carbocycles. The number of ether oxygens (including phenoxy) is 2. The van der Waals surface area contributed by atoms with Crippen molar-refractivity contribution in [1.82, 2.24) is 0 Å². The number of aliphatic hydroxyl groups is 1. The molecule has 2 heterocycles. The van der Waals surface area contributed by atoms with Crippen LogP contribution in [0.2, 0.25) is 0 Å². The predicted octanol–water partition coefficient (Wildman–Crippen LogP) is 1.49. The first-order chi connectivity index (χ1) is 7.22. The maximum absolute atomic E-state index is 9.72. The van der Waals surface area contributed by atoms with Crippen LogP contribution in [0.3, 0.4) is 0 Å². The monoisotopic (exact) mass is 212 g/mol. The Balaban J connectivity index is 1.64. The Bertz CT molecular complexity index is 237. The van der Waals surface area contributed by atoms with Gasteiger partial charge >= 0.3 is 0 Å². The molecule has 0 amide bonds. The van der Waals surface area contributed by atoms with E-state index in [0.717, 1.165) is 45.5 Å². The third-order valence-corrected chi connectivity index (χ3v) is 4.51. The lowest BCUT2D eigenvalue weighted by atomic mass is 9.65. The fourth-order valence-corrected chi connectivity index (χ4v) is 3.27. The number of aliphatic hydroxyl groups excluding tert-OH is 1. The lowest BCUT2D eigenvalue weighted by Gasteiger charge is -2.52. The van der Waals surface area contributed by atoms with Crippen molar-refractivity contribution in [2.24, 2.45) is 5.41 Å². The van der Waals surface area contributed by atoms with E-state index in [1.54, 1.807) is 0 Å². The van der Waals surface area contributed by atoms with E-state index in [4.69, 9.17) is 9.47 Å². The minimum atomic E-state index is -0.134. The molecule has 1 saturated carbocycles. The van der Waals surface area contributed by atoms with Gasteiger partial charge in [0.1, 0.15) is 0 Å². The first-order valence-electron chi connectivity index (χ1n) is 6.12. The first kappa shape index (κ1) is 10.1. The SMILES string of the molecule is OC1CCOC2(CCC3(CC2)COC3)C1. The Labute approximate surface area is 90.8 Å². The summed E-state index contributed by atoms with van der Waals surface area (Å²) in [6.07, 6.45) is 6.21. The van der Waals surface area contributed by atoms with Crippen LogP contribution < -0.4 is 0 Å². The molecular weight excluding hydrogens is 192 g/mol. The van der Waals surface area contributed by atoms with Crippen molar-refractivity contribution < 1.29 is 14.6 Å². The summed E-state index contributed by atoms with van der Waals surface area (Å²) in [7, 11) is 0. The standard InChI is InChI=1S/C12H20O3/c13-10-1-6-15-12(7-10)4-2-11(3-5-12)8-14-9-11/h10,13H,1-9H2. The minimum absolute atomic E-state index is 0.0124. The van der Waals surface area contributed by atoms with Crippen LogP contribution in [0.1, 0.15) is 38.5 Å². The zero-order valence-corrected chi connectivity index (χ0v) is 9.21. The summed E-state index contributed by atoms with van der Waals surface area (Å²) in [5.41, 5.74) is 0.496. The molecule has 2 spiro atoms. The highest BCUT2D eigenvalue weighted by Crippen LogP contribution is 2.49. The summed E-state index contributed by atoms with van der Waals surface area (Å²) in [6.45, 7) is 2.64. The molecule has 3 fully saturated rings. The summed E-state index contributed by atoms with van der Waals surface area (Å²) < 4.78 is 11.3. The zero-order valence-electron chi connectivity index (χ0n) is 9.21. The molecule has 86 valence electrons. The smallest absolute Gasteiger partial charge is 0.0707 e. The van der Waals surface area contributed by atoms with Crippen LogP contribution in [0.25, 0.3) is 0 Å². The van der Waals surface area contributed by atoms with Crippen LogP contribution in [0.15, 0.2) is 0 Å². The fourth-order valence-electron chi connectivity index (χ4n) is 3.27. The van der Waals surface area contributed by atoms with Crippen molar-refractivity contribution in [3.05, 3.63) is 0 Å². The summed E-state index contributed by atoms with van der Waals surface area (Å²) >= 11 is 0. The average molecular weight is 212 g/mol. The molecule has 0 radical (unpaired) electrons. The van der Waals surface area contributed by atoms with E-state index in [1.165, 1.54) is 12.8 Å². The van der Waals surface area contributed by atoms with Gasteiger partial charge in [-0.15, -0.1) is 0 Å². The Morgan fingerprint density at radius 2 is 1.80 bits per heavy atom. The second kappa shape index (κ2) is 3.44. The van der Waals surface area contributed by atoms with Gasteiger partial charge in [-0.3, -0.25) is 0 Å². The number of hydrogen-bond donors (Lipinski definition) is 1.